The van der Waals surface area contributed by atoms with Crippen LogP contribution in [0.25, 0.3) is 0 Å². The summed E-state index contributed by atoms with van der Waals surface area (Å²) in [6.07, 6.45) is 0. The third-order valence-electron chi connectivity index (χ3n) is 2.63. The normalized spacial score (nSPS) is 10.3. The number of ether oxygens (including phenoxy) is 1. The Kier molecular flexibility index (Phi) is 4.94. The number of hydrogen-bond acceptors (Lipinski definition) is 2. The fraction of sp³-hybridized carbons (Fsp3) is 0.200. The molecular weight excluding hydrogens is 281 g/mol. The minimum Gasteiger partial charge on any atom is -0.494 e. The first-order valence-electron chi connectivity index (χ1n) is 6.09. The van der Waals surface area contributed by atoms with E-state index in [0.29, 0.717) is 23.2 Å². The second kappa shape index (κ2) is 6.69. The second-order valence-electron chi connectivity index (χ2n) is 4.06. The van der Waals surface area contributed by atoms with Crippen LogP contribution < -0.4 is 10.1 Å². The molecule has 0 saturated heterocycles. The van der Waals surface area contributed by atoms with Crippen LogP contribution in [0, 0.1) is 0 Å². The highest BCUT2D eigenvalue weighted by Gasteiger charge is 2.00. The minimum atomic E-state index is 0.573. The lowest BCUT2D eigenvalue weighted by molar-refractivity contribution is 0.340. The molecule has 0 aromatic heterocycles. The van der Waals surface area contributed by atoms with Gasteiger partial charge in [0, 0.05) is 18.3 Å². The van der Waals surface area contributed by atoms with Gasteiger partial charge in [-0.1, -0.05) is 35.3 Å². The van der Waals surface area contributed by atoms with Crippen molar-refractivity contribution in [2.45, 2.75) is 13.5 Å². The van der Waals surface area contributed by atoms with E-state index < -0.39 is 0 Å². The van der Waals surface area contributed by atoms with Crippen molar-refractivity contribution in [1.82, 2.24) is 0 Å². The van der Waals surface area contributed by atoms with Gasteiger partial charge in [-0.15, -0.1) is 0 Å². The van der Waals surface area contributed by atoms with Gasteiger partial charge < -0.3 is 10.1 Å². The molecule has 2 rings (SSSR count). The molecule has 0 spiro atoms. The van der Waals surface area contributed by atoms with Crippen LogP contribution in [0.3, 0.4) is 0 Å². The van der Waals surface area contributed by atoms with Crippen LogP contribution >= 0.6 is 23.2 Å². The van der Waals surface area contributed by atoms with Crippen LogP contribution in [0.5, 0.6) is 5.75 Å². The molecule has 1 N–H and O–H groups in total. The molecule has 0 radical (unpaired) electrons. The summed E-state index contributed by atoms with van der Waals surface area (Å²) in [6.45, 7) is 3.32. The van der Waals surface area contributed by atoms with Gasteiger partial charge >= 0.3 is 0 Å². The second-order valence-corrected chi connectivity index (χ2v) is 4.88. The van der Waals surface area contributed by atoms with E-state index in [1.807, 2.05) is 43.3 Å². The van der Waals surface area contributed by atoms with E-state index in [1.165, 1.54) is 0 Å². The lowest BCUT2D eigenvalue weighted by atomic mass is 10.2. The molecule has 0 heterocycles. The molecular formula is C15H15Cl2NO. The number of benzene rings is 2. The van der Waals surface area contributed by atoms with Crippen LogP contribution in [0.2, 0.25) is 10.0 Å². The van der Waals surface area contributed by atoms with Gasteiger partial charge in [-0.05, 0) is 36.8 Å². The molecule has 2 aromatic carbocycles. The Morgan fingerprint density at radius 2 is 1.89 bits per heavy atom. The van der Waals surface area contributed by atoms with Crippen molar-refractivity contribution in [3.8, 4) is 5.75 Å². The number of halogens is 2. The number of anilines is 1. The molecule has 19 heavy (non-hydrogen) atoms. The summed E-state index contributed by atoms with van der Waals surface area (Å²) in [7, 11) is 0. The fourth-order valence-corrected chi connectivity index (χ4v) is 2.04. The largest absolute Gasteiger partial charge is 0.494 e. The first kappa shape index (κ1) is 14.0. The van der Waals surface area contributed by atoms with E-state index in [2.05, 4.69) is 5.32 Å². The molecule has 0 unspecified atom stereocenters. The molecule has 0 aliphatic heterocycles. The Morgan fingerprint density at radius 1 is 1.05 bits per heavy atom. The average molecular weight is 296 g/mol. The van der Waals surface area contributed by atoms with Crippen molar-refractivity contribution in [3.05, 3.63) is 58.1 Å². The summed E-state index contributed by atoms with van der Waals surface area (Å²) < 4.78 is 5.45. The maximum atomic E-state index is 5.98. The van der Waals surface area contributed by atoms with Crippen LogP contribution in [-0.4, -0.2) is 6.61 Å². The fourth-order valence-electron chi connectivity index (χ4n) is 1.72. The van der Waals surface area contributed by atoms with E-state index in [4.69, 9.17) is 27.9 Å². The SMILES string of the molecule is CCOc1cccc(NCc2ccc(Cl)c(Cl)c2)c1. The van der Waals surface area contributed by atoms with Crippen molar-refractivity contribution in [2.75, 3.05) is 11.9 Å². The van der Waals surface area contributed by atoms with Gasteiger partial charge in [-0.3, -0.25) is 0 Å². The number of nitrogens with one attached hydrogen (secondary N) is 1. The van der Waals surface area contributed by atoms with E-state index in [-0.39, 0.29) is 0 Å². The van der Waals surface area contributed by atoms with E-state index >= 15 is 0 Å². The third-order valence-corrected chi connectivity index (χ3v) is 3.36. The molecule has 0 amide bonds. The van der Waals surface area contributed by atoms with Gasteiger partial charge in [0.2, 0.25) is 0 Å². The Balaban J connectivity index is 2.01. The van der Waals surface area contributed by atoms with Gasteiger partial charge in [0.05, 0.1) is 16.7 Å². The molecule has 2 nitrogen and oxygen atoms in total. The molecule has 0 atom stereocenters. The smallest absolute Gasteiger partial charge is 0.121 e. The maximum absolute atomic E-state index is 5.98. The lowest BCUT2D eigenvalue weighted by Crippen LogP contribution is -2.00. The van der Waals surface area contributed by atoms with Gasteiger partial charge in [0.15, 0.2) is 0 Å². The minimum absolute atomic E-state index is 0.573. The predicted molar refractivity (Wildman–Crippen MR) is 81.4 cm³/mol. The van der Waals surface area contributed by atoms with Gasteiger partial charge in [0.1, 0.15) is 5.75 Å². The summed E-state index contributed by atoms with van der Waals surface area (Å²) >= 11 is 11.9. The number of hydrogen-bond donors (Lipinski definition) is 1. The van der Waals surface area contributed by atoms with E-state index in [1.54, 1.807) is 6.07 Å². The summed E-state index contributed by atoms with van der Waals surface area (Å²) in [5.74, 6) is 0.863. The summed E-state index contributed by atoms with van der Waals surface area (Å²) in [6, 6.07) is 13.5. The Morgan fingerprint density at radius 3 is 2.63 bits per heavy atom. The quantitative estimate of drug-likeness (QED) is 0.838. The summed E-state index contributed by atoms with van der Waals surface area (Å²) in [4.78, 5) is 0. The lowest BCUT2D eigenvalue weighted by Gasteiger charge is -2.09. The van der Waals surface area contributed by atoms with Crippen molar-refractivity contribution in [1.29, 1.82) is 0 Å². The summed E-state index contributed by atoms with van der Waals surface area (Å²) in [5.41, 5.74) is 2.09. The maximum Gasteiger partial charge on any atom is 0.121 e. The predicted octanol–water partition coefficient (Wildman–Crippen LogP) is 5.00. The highest BCUT2D eigenvalue weighted by molar-refractivity contribution is 6.42. The zero-order valence-electron chi connectivity index (χ0n) is 10.6. The highest BCUT2D eigenvalue weighted by Crippen LogP contribution is 2.23. The average Bonchev–Trinajstić information content (AvgIpc) is 2.41. The number of rotatable bonds is 5. The molecule has 4 heteroatoms. The zero-order valence-corrected chi connectivity index (χ0v) is 12.1. The molecule has 0 aliphatic carbocycles. The van der Waals surface area contributed by atoms with Crippen molar-refractivity contribution < 1.29 is 4.74 Å². The van der Waals surface area contributed by atoms with Gasteiger partial charge in [-0.2, -0.15) is 0 Å². The zero-order chi connectivity index (χ0) is 13.7. The molecule has 0 aliphatic rings. The first-order valence-corrected chi connectivity index (χ1v) is 6.85. The molecule has 0 saturated carbocycles. The Bertz CT molecular complexity index is 558. The standard InChI is InChI=1S/C15H15Cl2NO/c1-2-19-13-5-3-4-12(9-13)18-10-11-6-7-14(16)15(17)8-11/h3-9,18H,2,10H2,1H3. The van der Waals surface area contributed by atoms with Crippen LogP contribution in [0.15, 0.2) is 42.5 Å². The molecule has 2 aromatic rings. The molecule has 100 valence electrons. The van der Waals surface area contributed by atoms with E-state index in [9.17, 15) is 0 Å². The van der Waals surface area contributed by atoms with Crippen LogP contribution in [0.1, 0.15) is 12.5 Å². The topological polar surface area (TPSA) is 21.3 Å². The Labute approximate surface area is 123 Å². The van der Waals surface area contributed by atoms with Gasteiger partial charge in [0.25, 0.3) is 0 Å². The third kappa shape index (κ3) is 4.05. The first-order chi connectivity index (χ1) is 9.19. The summed E-state index contributed by atoms with van der Waals surface area (Å²) in [5, 5.41) is 4.47. The van der Waals surface area contributed by atoms with Crippen molar-refractivity contribution in [2.24, 2.45) is 0 Å². The van der Waals surface area contributed by atoms with Crippen molar-refractivity contribution >= 4 is 28.9 Å². The van der Waals surface area contributed by atoms with Crippen LogP contribution in [-0.2, 0) is 6.54 Å². The Hall–Kier alpha value is -1.38. The highest BCUT2D eigenvalue weighted by atomic mass is 35.5. The monoisotopic (exact) mass is 295 g/mol. The molecule has 0 fully saturated rings. The van der Waals surface area contributed by atoms with E-state index in [0.717, 1.165) is 17.0 Å². The van der Waals surface area contributed by atoms with Crippen molar-refractivity contribution in [3.63, 3.8) is 0 Å². The van der Waals surface area contributed by atoms with Crippen LogP contribution in [0.4, 0.5) is 5.69 Å². The molecule has 0 bridgehead atoms. The van der Waals surface area contributed by atoms with Gasteiger partial charge in [-0.25, -0.2) is 0 Å².